The van der Waals surface area contributed by atoms with E-state index in [1.807, 2.05) is 24.3 Å². The van der Waals surface area contributed by atoms with Crippen molar-refractivity contribution >= 4 is 11.8 Å². The van der Waals surface area contributed by atoms with Crippen LogP contribution in [0.4, 0.5) is 0 Å². The van der Waals surface area contributed by atoms with Crippen molar-refractivity contribution < 1.29 is 9.59 Å². The molecular formula is C26H27N5O2. The molecule has 3 aliphatic heterocycles. The third-order valence-electron chi connectivity index (χ3n) is 7.83. The number of nitrogens with zero attached hydrogens (tertiary/aromatic N) is 4. The number of hydrogen-bond donors (Lipinski definition) is 1. The van der Waals surface area contributed by atoms with Crippen LogP contribution < -0.4 is 5.73 Å². The first-order valence-electron chi connectivity index (χ1n) is 11.8. The highest BCUT2D eigenvalue weighted by Crippen LogP contribution is 2.50. The standard InChI is InChI=1S/C26H27N5O2/c27-13-16-6-5-11-30(16)25(32)22(28)15-29-14-17-12-23(29)26(33)31(17)24-20-9-3-1-7-18(20)19-8-2-4-10-21(19)24/h1-4,7-10,16-17,22-24H,5-6,11-12,14-15,28H2/t16?,17-,22?,23?/m0/s1. The molecule has 7 heteroatoms. The van der Waals surface area contributed by atoms with E-state index < -0.39 is 6.04 Å². The van der Waals surface area contributed by atoms with Gasteiger partial charge in [-0.25, -0.2) is 0 Å². The molecule has 2 amide bonds. The number of piperazine rings is 1. The van der Waals surface area contributed by atoms with Crippen molar-refractivity contribution in [2.45, 2.75) is 49.5 Å². The largest absolute Gasteiger partial charge is 0.326 e. The minimum absolute atomic E-state index is 0.0571. The quantitative estimate of drug-likeness (QED) is 0.782. The van der Waals surface area contributed by atoms with Crippen LogP contribution in [0.25, 0.3) is 11.1 Å². The van der Waals surface area contributed by atoms with Crippen molar-refractivity contribution in [3.05, 3.63) is 59.7 Å². The molecule has 3 heterocycles. The zero-order valence-corrected chi connectivity index (χ0v) is 18.4. The number of nitrogens with two attached hydrogens (primary N) is 1. The van der Waals surface area contributed by atoms with Crippen LogP contribution in [0.15, 0.2) is 48.5 Å². The zero-order chi connectivity index (χ0) is 22.7. The van der Waals surface area contributed by atoms with Gasteiger partial charge in [0, 0.05) is 25.7 Å². The third-order valence-corrected chi connectivity index (χ3v) is 7.83. The van der Waals surface area contributed by atoms with Crippen molar-refractivity contribution in [3.8, 4) is 17.2 Å². The van der Waals surface area contributed by atoms with Gasteiger partial charge in [-0.05, 0) is 41.5 Å². The second kappa shape index (κ2) is 7.68. The first-order chi connectivity index (χ1) is 16.1. The number of carbonyl (C=O) groups excluding carboxylic acids is 2. The van der Waals surface area contributed by atoms with E-state index in [4.69, 9.17) is 5.73 Å². The van der Waals surface area contributed by atoms with Crippen molar-refractivity contribution in [2.75, 3.05) is 19.6 Å². The lowest BCUT2D eigenvalue weighted by Crippen LogP contribution is -2.56. The van der Waals surface area contributed by atoms with Crippen LogP contribution in [0.3, 0.4) is 0 Å². The van der Waals surface area contributed by atoms with Crippen molar-refractivity contribution in [3.63, 3.8) is 0 Å². The number of fused-ring (bicyclic) bond motifs is 5. The van der Waals surface area contributed by atoms with Gasteiger partial charge in [0.15, 0.2) is 0 Å². The van der Waals surface area contributed by atoms with Crippen molar-refractivity contribution in [1.29, 1.82) is 5.26 Å². The van der Waals surface area contributed by atoms with Gasteiger partial charge in [-0.15, -0.1) is 0 Å². The maximum absolute atomic E-state index is 13.6. The second-order valence-corrected chi connectivity index (χ2v) is 9.61. The van der Waals surface area contributed by atoms with E-state index in [-0.39, 0.29) is 36.0 Å². The van der Waals surface area contributed by atoms with Crippen LogP contribution in [-0.4, -0.2) is 70.3 Å². The van der Waals surface area contributed by atoms with Crippen LogP contribution in [0.5, 0.6) is 0 Å². The first-order valence-corrected chi connectivity index (χ1v) is 11.8. The normalized spacial score (nSPS) is 27.0. The fraction of sp³-hybridized carbons (Fsp3) is 0.423. The molecule has 0 saturated carbocycles. The molecule has 6 rings (SSSR count). The van der Waals surface area contributed by atoms with Gasteiger partial charge >= 0.3 is 0 Å². The van der Waals surface area contributed by atoms with E-state index in [0.717, 1.165) is 19.4 Å². The molecule has 2 bridgehead atoms. The summed E-state index contributed by atoms with van der Waals surface area (Å²) in [5.41, 5.74) is 11.1. The summed E-state index contributed by atoms with van der Waals surface area (Å²) in [5, 5.41) is 9.30. The maximum Gasteiger partial charge on any atom is 0.241 e. The molecule has 3 fully saturated rings. The molecule has 0 spiro atoms. The molecule has 7 nitrogen and oxygen atoms in total. The van der Waals surface area contributed by atoms with E-state index in [9.17, 15) is 14.9 Å². The number of amides is 2. The summed E-state index contributed by atoms with van der Waals surface area (Å²) in [6.45, 7) is 1.66. The molecule has 4 aliphatic rings. The molecule has 33 heavy (non-hydrogen) atoms. The SMILES string of the molecule is N#CC1CCCN1C(=O)C(N)CN1C[C@@H]2CC1C(=O)N2C1c2ccccc2-c2ccccc21. The Morgan fingerprint density at radius 3 is 2.42 bits per heavy atom. The Bertz CT molecular complexity index is 1130. The minimum atomic E-state index is -0.715. The lowest BCUT2D eigenvalue weighted by atomic mass is 10.0. The lowest BCUT2D eigenvalue weighted by molar-refractivity contribution is -0.140. The summed E-state index contributed by atoms with van der Waals surface area (Å²) >= 11 is 0. The van der Waals surface area contributed by atoms with Gasteiger partial charge < -0.3 is 15.5 Å². The Hall–Kier alpha value is -3.21. The summed E-state index contributed by atoms with van der Waals surface area (Å²) in [7, 11) is 0. The molecular weight excluding hydrogens is 414 g/mol. The smallest absolute Gasteiger partial charge is 0.241 e. The van der Waals surface area contributed by atoms with Crippen molar-refractivity contribution in [1.82, 2.24) is 14.7 Å². The fourth-order valence-electron chi connectivity index (χ4n) is 6.37. The van der Waals surface area contributed by atoms with E-state index in [2.05, 4.69) is 40.1 Å². The van der Waals surface area contributed by atoms with Gasteiger partial charge in [-0.3, -0.25) is 14.5 Å². The number of nitriles is 1. The highest BCUT2D eigenvalue weighted by Gasteiger charge is 2.54. The summed E-state index contributed by atoms with van der Waals surface area (Å²) in [6.07, 6.45) is 2.31. The Balaban J connectivity index is 1.21. The average Bonchev–Trinajstić information content (AvgIpc) is 3.60. The topological polar surface area (TPSA) is 93.7 Å². The molecule has 3 saturated heterocycles. The number of rotatable bonds is 4. The van der Waals surface area contributed by atoms with Crippen LogP contribution >= 0.6 is 0 Å². The Kier molecular flexibility index (Phi) is 4.75. The second-order valence-electron chi connectivity index (χ2n) is 9.61. The monoisotopic (exact) mass is 441 g/mol. The summed E-state index contributed by atoms with van der Waals surface area (Å²) < 4.78 is 0. The Morgan fingerprint density at radius 2 is 1.79 bits per heavy atom. The molecule has 1 aliphatic carbocycles. The van der Waals surface area contributed by atoms with Crippen molar-refractivity contribution in [2.24, 2.45) is 5.73 Å². The van der Waals surface area contributed by atoms with Gasteiger partial charge in [0.2, 0.25) is 11.8 Å². The molecule has 168 valence electrons. The molecule has 4 atom stereocenters. The number of carbonyl (C=O) groups is 2. The van der Waals surface area contributed by atoms with E-state index in [1.165, 1.54) is 22.3 Å². The third kappa shape index (κ3) is 3.01. The van der Waals surface area contributed by atoms with E-state index in [0.29, 0.717) is 19.5 Å². The minimum Gasteiger partial charge on any atom is -0.326 e. The predicted molar refractivity (Wildman–Crippen MR) is 123 cm³/mol. The Labute approximate surface area is 193 Å². The fourth-order valence-corrected chi connectivity index (χ4v) is 6.37. The van der Waals surface area contributed by atoms with Gasteiger partial charge in [-0.1, -0.05) is 48.5 Å². The van der Waals surface area contributed by atoms with Gasteiger partial charge in [-0.2, -0.15) is 5.26 Å². The number of benzene rings is 2. The molecule has 0 aromatic heterocycles. The highest BCUT2D eigenvalue weighted by atomic mass is 16.2. The van der Waals surface area contributed by atoms with E-state index in [1.54, 1.807) is 4.90 Å². The summed E-state index contributed by atoms with van der Waals surface area (Å²) in [6, 6.07) is 17.6. The van der Waals surface area contributed by atoms with E-state index >= 15 is 0 Å². The number of hydrogen-bond acceptors (Lipinski definition) is 5. The van der Waals surface area contributed by atoms with Gasteiger partial charge in [0.25, 0.3) is 0 Å². The van der Waals surface area contributed by atoms with Crippen LogP contribution in [0.2, 0.25) is 0 Å². The van der Waals surface area contributed by atoms with Crippen LogP contribution in [0.1, 0.15) is 36.4 Å². The predicted octanol–water partition coefficient (Wildman–Crippen LogP) is 1.88. The maximum atomic E-state index is 13.6. The number of likely N-dealkylation sites (tertiary alicyclic amines) is 3. The van der Waals surface area contributed by atoms with Gasteiger partial charge in [0.1, 0.15) is 6.04 Å². The lowest BCUT2D eigenvalue weighted by Gasteiger charge is -2.39. The molecule has 2 aromatic carbocycles. The van der Waals surface area contributed by atoms with Gasteiger partial charge in [0.05, 0.1) is 24.2 Å². The van der Waals surface area contributed by atoms with Crippen LogP contribution in [-0.2, 0) is 9.59 Å². The summed E-state index contributed by atoms with van der Waals surface area (Å²) in [4.78, 5) is 32.2. The zero-order valence-electron chi connectivity index (χ0n) is 18.4. The first kappa shape index (κ1) is 20.4. The molecule has 0 radical (unpaired) electrons. The van der Waals surface area contributed by atoms with Crippen LogP contribution in [0, 0.1) is 11.3 Å². The highest BCUT2D eigenvalue weighted by molar-refractivity contribution is 5.89. The molecule has 2 N–H and O–H groups in total. The summed E-state index contributed by atoms with van der Waals surface area (Å²) in [5.74, 6) is -0.0525. The average molecular weight is 442 g/mol. The molecule has 2 aromatic rings. The Morgan fingerprint density at radius 1 is 1.12 bits per heavy atom. The molecule has 3 unspecified atom stereocenters.